The molecule has 0 bridgehead atoms. The third kappa shape index (κ3) is 2.27. The Morgan fingerprint density at radius 2 is 2.31 bits per heavy atom. The van der Waals surface area contributed by atoms with Crippen LogP contribution in [0.3, 0.4) is 0 Å². The molecule has 16 heavy (non-hydrogen) atoms. The third-order valence-corrected chi connectivity index (χ3v) is 2.29. The fourth-order valence-electron chi connectivity index (χ4n) is 1.40. The van der Waals surface area contributed by atoms with Crippen molar-refractivity contribution in [1.82, 2.24) is 25.7 Å². The maximum Gasteiger partial charge on any atom is 0.251 e. The Morgan fingerprint density at radius 3 is 3.00 bits per heavy atom. The Hall–Kier alpha value is -1.69. The first-order valence-electron chi connectivity index (χ1n) is 5.34. The highest BCUT2D eigenvalue weighted by Gasteiger charge is 2.11. The fraction of sp³-hybridized carbons (Fsp3) is 0.500. The molecule has 2 rings (SSSR count). The Labute approximate surface area is 93.5 Å². The van der Waals surface area contributed by atoms with Crippen LogP contribution >= 0.6 is 0 Å². The van der Waals surface area contributed by atoms with Gasteiger partial charge in [-0.3, -0.25) is 5.10 Å². The normalized spacial score (nSPS) is 10.9. The zero-order valence-corrected chi connectivity index (χ0v) is 9.45. The van der Waals surface area contributed by atoms with E-state index in [1.165, 1.54) is 0 Å². The summed E-state index contributed by atoms with van der Waals surface area (Å²) in [6, 6.07) is 0. The quantitative estimate of drug-likeness (QED) is 0.734. The number of likely N-dealkylation sites (N-methyl/N-ethyl adjacent to an activating group) is 1. The number of hydrogen-bond donors (Lipinski definition) is 2. The Balaban J connectivity index is 2.05. The lowest BCUT2D eigenvalue weighted by Gasteiger charge is -1.95. The number of aryl methyl sites for hydroxylation is 1. The van der Waals surface area contributed by atoms with Crippen LogP contribution in [-0.2, 0) is 6.42 Å². The second-order valence-electron chi connectivity index (χ2n) is 3.51. The van der Waals surface area contributed by atoms with Gasteiger partial charge in [-0.25, -0.2) is 0 Å². The predicted molar refractivity (Wildman–Crippen MR) is 58.9 cm³/mol. The molecule has 0 spiro atoms. The molecule has 6 nitrogen and oxygen atoms in total. The van der Waals surface area contributed by atoms with Crippen molar-refractivity contribution in [3.8, 4) is 11.5 Å². The summed E-state index contributed by atoms with van der Waals surface area (Å²) in [7, 11) is 0. The van der Waals surface area contributed by atoms with Gasteiger partial charge in [0.2, 0.25) is 5.89 Å². The number of nitrogens with zero attached hydrogens (tertiary/aromatic N) is 3. The van der Waals surface area contributed by atoms with E-state index >= 15 is 0 Å². The average molecular weight is 221 g/mol. The second-order valence-corrected chi connectivity index (χ2v) is 3.51. The van der Waals surface area contributed by atoms with Crippen molar-refractivity contribution in [1.29, 1.82) is 0 Å². The molecule has 2 N–H and O–H groups in total. The van der Waals surface area contributed by atoms with Gasteiger partial charge in [0.05, 0.1) is 11.8 Å². The van der Waals surface area contributed by atoms with Crippen LogP contribution in [0.4, 0.5) is 0 Å². The van der Waals surface area contributed by atoms with Crippen LogP contribution in [0.2, 0.25) is 0 Å². The molecule has 0 saturated carbocycles. The molecule has 0 saturated heterocycles. The fourth-order valence-corrected chi connectivity index (χ4v) is 1.40. The van der Waals surface area contributed by atoms with Crippen molar-refractivity contribution in [3.63, 3.8) is 0 Å². The number of nitrogens with one attached hydrogen (secondary N) is 2. The molecule has 6 heteroatoms. The largest absolute Gasteiger partial charge is 0.421 e. The highest BCUT2D eigenvalue weighted by Crippen LogP contribution is 2.19. The summed E-state index contributed by atoms with van der Waals surface area (Å²) in [5.41, 5.74) is 1.80. The lowest BCUT2D eigenvalue weighted by atomic mass is 10.3. The lowest BCUT2D eigenvalue weighted by molar-refractivity contribution is 0.496. The number of aromatic amines is 1. The molecule has 2 aromatic rings. The maximum absolute atomic E-state index is 5.53. The van der Waals surface area contributed by atoms with Gasteiger partial charge < -0.3 is 9.73 Å². The summed E-state index contributed by atoms with van der Waals surface area (Å²) < 4.78 is 5.53. The summed E-state index contributed by atoms with van der Waals surface area (Å²) in [4.78, 5) is 0. The molecule has 0 amide bonds. The zero-order valence-electron chi connectivity index (χ0n) is 9.45. The minimum Gasteiger partial charge on any atom is -0.421 e. The van der Waals surface area contributed by atoms with Crippen LogP contribution < -0.4 is 5.32 Å². The Bertz CT molecular complexity index is 448. The first-order chi connectivity index (χ1) is 7.81. The van der Waals surface area contributed by atoms with Crippen molar-refractivity contribution in [2.45, 2.75) is 20.3 Å². The molecule has 86 valence electrons. The Morgan fingerprint density at radius 1 is 1.44 bits per heavy atom. The van der Waals surface area contributed by atoms with Gasteiger partial charge in [-0.05, 0) is 13.5 Å². The van der Waals surface area contributed by atoms with Gasteiger partial charge in [-0.1, -0.05) is 6.92 Å². The van der Waals surface area contributed by atoms with Gasteiger partial charge >= 0.3 is 0 Å². The van der Waals surface area contributed by atoms with E-state index in [1.54, 1.807) is 6.20 Å². The molecule has 2 aromatic heterocycles. The number of aromatic nitrogens is 4. The average Bonchev–Trinajstić information content (AvgIpc) is 2.87. The monoisotopic (exact) mass is 221 g/mol. The van der Waals surface area contributed by atoms with E-state index in [-0.39, 0.29) is 0 Å². The first-order valence-corrected chi connectivity index (χ1v) is 5.34. The Kier molecular flexibility index (Phi) is 3.31. The minimum absolute atomic E-state index is 0.526. The van der Waals surface area contributed by atoms with Gasteiger partial charge in [0.15, 0.2) is 0 Å². The summed E-state index contributed by atoms with van der Waals surface area (Å²) >= 11 is 0. The number of rotatable bonds is 5. The molecular weight excluding hydrogens is 206 g/mol. The van der Waals surface area contributed by atoms with Gasteiger partial charge in [-0.2, -0.15) is 5.10 Å². The summed E-state index contributed by atoms with van der Waals surface area (Å²) in [6.07, 6.45) is 2.44. The summed E-state index contributed by atoms with van der Waals surface area (Å²) in [5.74, 6) is 1.18. The van der Waals surface area contributed by atoms with Gasteiger partial charge in [0.1, 0.15) is 0 Å². The highest BCUT2D eigenvalue weighted by molar-refractivity contribution is 5.53. The molecule has 2 heterocycles. The molecule has 0 aromatic carbocycles. The van der Waals surface area contributed by atoms with Crippen LogP contribution in [0.15, 0.2) is 10.6 Å². The predicted octanol–water partition coefficient (Wildman–Crippen LogP) is 0.920. The van der Waals surface area contributed by atoms with Crippen LogP contribution in [-0.4, -0.2) is 33.5 Å². The van der Waals surface area contributed by atoms with Crippen molar-refractivity contribution >= 4 is 0 Å². The minimum atomic E-state index is 0.526. The zero-order chi connectivity index (χ0) is 11.4. The maximum atomic E-state index is 5.53. The molecule has 0 aliphatic rings. The van der Waals surface area contributed by atoms with E-state index in [0.717, 1.165) is 30.8 Å². The lowest BCUT2D eigenvalue weighted by Crippen LogP contribution is -2.16. The summed E-state index contributed by atoms with van der Waals surface area (Å²) in [5, 5.41) is 17.9. The van der Waals surface area contributed by atoms with E-state index < -0.39 is 0 Å². The van der Waals surface area contributed by atoms with Gasteiger partial charge in [0, 0.05) is 18.7 Å². The van der Waals surface area contributed by atoms with Crippen LogP contribution in [0.1, 0.15) is 18.5 Å². The van der Waals surface area contributed by atoms with E-state index in [9.17, 15) is 0 Å². The second kappa shape index (κ2) is 4.89. The molecule has 0 radical (unpaired) electrons. The topological polar surface area (TPSA) is 79.6 Å². The summed E-state index contributed by atoms with van der Waals surface area (Å²) in [6.45, 7) is 5.78. The molecular formula is C10H15N5O. The smallest absolute Gasteiger partial charge is 0.251 e. The van der Waals surface area contributed by atoms with E-state index in [2.05, 4.69) is 32.6 Å². The van der Waals surface area contributed by atoms with Crippen molar-refractivity contribution in [3.05, 3.63) is 17.8 Å². The van der Waals surface area contributed by atoms with E-state index in [4.69, 9.17) is 4.42 Å². The van der Waals surface area contributed by atoms with Gasteiger partial charge in [-0.15, -0.1) is 10.2 Å². The molecule has 0 unspecified atom stereocenters. The number of H-pyrrole nitrogens is 1. The van der Waals surface area contributed by atoms with Crippen LogP contribution in [0, 0.1) is 6.92 Å². The van der Waals surface area contributed by atoms with E-state index in [1.807, 2.05) is 6.92 Å². The van der Waals surface area contributed by atoms with Gasteiger partial charge in [0.25, 0.3) is 5.89 Å². The third-order valence-electron chi connectivity index (χ3n) is 2.29. The van der Waals surface area contributed by atoms with Crippen molar-refractivity contribution in [2.75, 3.05) is 13.1 Å². The van der Waals surface area contributed by atoms with Crippen LogP contribution in [0.5, 0.6) is 0 Å². The first kappa shape index (κ1) is 10.8. The number of hydrogen-bond acceptors (Lipinski definition) is 5. The van der Waals surface area contributed by atoms with Crippen molar-refractivity contribution < 1.29 is 4.42 Å². The van der Waals surface area contributed by atoms with E-state index in [0.29, 0.717) is 11.8 Å². The molecule has 0 fully saturated rings. The molecule has 0 aliphatic heterocycles. The van der Waals surface area contributed by atoms with Crippen LogP contribution in [0.25, 0.3) is 11.5 Å². The SMILES string of the molecule is CCNCCc1nnc(-c2cn[nH]c2C)o1. The highest BCUT2D eigenvalue weighted by atomic mass is 16.4. The standard InChI is InChI=1S/C10H15N5O/c1-3-11-5-4-9-14-15-10(16-9)8-6-12-13-7(8)2/h6,11H,3-5H2,1-2H3,(H,12,13). The molecule has 0 atom stereocenters. The molecule has 0 aliphatic carbocycles. The van der Waals surface area contributed by atoms with Crippen molar-refractivity contribution in [2.24, 2.45) is 0 Å².